The number of amides is 1. The van der Waals surface area contributed by atoms with E-state index < -0.39 is 5.97 Å². The maximum absolute atomic E-state index is 11.5. The Bertz CT molecular complexity index is 415. The van der Waals surface area contributed by atoms with Gasteiger partial charge in [0.25, 0.3) is 5.91 Å². The molecule has 5 heteroatoms. The highest BCUT2D eigenvalue weighted by Crippen LogP contribution is 2.16. The SMILES string of the molecule is CC(C)NC(=O)COC(=O)c1ccccc1O. The predicted octanol–water partition coefficient (Wildman–Crippen LogP) is 1.07. The van der Waals surface area contributed by atoms with Gasteiger partial charge in [0, 0.05) is 6.04 Å². The van der Waals surface area contributed by atoms with Gasteiger partial charge in [-0.2, -0.15) is 0 Å². The van der Waals surface area contributed by atoms with E-state index in [1.165, 1.54) is 12.1 Å². The Morgan fingerprint density at radius 1 is 1.35 bits per heavy atom. The van der Waals surface area contributed by atoms with Gasteiger partial charge >= 0.3 is 5.97 Å². The Morgan fingerprint density at radius 2 is 2.00 bits per heavy atom. The Labute approximate surface area is 99.4 Å². The molecule has 0 spiro atoms. The molecular weight excluding hydrogens is 222 g/mol. The molecule has 92 valence electrons. The summed E-state index contributed by atoms with van der Waals surface area (Å²) in [6, 6.07) is 6.00. The smallest absolute Gasteiger partial charge is 0.342 e. The van der Waals surface area contributed by atoms with Gasteiger partial charge in [0.15, 0.2) is 6.61 Å². The molecule has 1 amide bonds. The first-order valence-electron chi connectivity index (χ1n) is 5.25. The average Bonchev–Trinajstić information content (AvgIpc) is 2.25. The number of aromatic hydroxyl groups is 1. The molecule has 2 N–H and O–H groups in total. The zero-order valence-corrected chi connectivity index (χ0v) is 9.77. The van der Waals surface area contributed by atoms with Crippen LogP contribution in [0.15, 0.2) is 24.3 Å². The zero-order chi connectivity index (χ0) is 12.8. The largest absolute Gasteiger partial charge is 0.507 e. The number of phenols is 1. The van der Waals surface area contributed by atoms with Crippen molar-refractivity contribution >= 4 is 11.9 Å². The van der Waals surface area contributed by atoms with E-state index in [0.717, 1.165) is 0 Å². The molecule has 0 aromatic heterocycles. The minimum absolute atomic E-state index is 0.00803. The van der Waals surface area contributed by atoms with E-state index in [0.29, 0.717) is 0 Å². The first-order valence-corrected chi connectivity index (χ1v) is 5.25. The summed E-state index contributed by atoms with van der Waals surface area (Å²) >= 11 is 0. The molecule has 17 heavy (non-hydrogen) atoms. The molecule has 0 radical (unpaired) electrons. The lowest BCUT2D eigenvalue weighted by atomic mass is 10.2. The molecule has 0 saturated carbocycles. The average molecular weight is 237 g/mol. The van der Waals surface area contributed by atoms with Crippen LogP contribution in [-0.4, -0.2) is 29.6 Å². The van der Waals surface area contributed by atoms with Gasteiger partial charge in [-0.15, -0.1) is 0 Å². The summed E-state index contributed by atoms with van der Waals surface area (Å²) in [5.74, 6) is -1.26. The Morgan fingerprint density at radius 3 is 2.59 bits per heavy atom. The Kier molecular flexibility index (Phi) is 4.51. The molecule has 1 rings (SSSR count). The van der Waals surface area contributed by atoms with Crippen LogP contribution in [-0.2, 0) is 9.53 Å². The maximum atomic E-state index is 11.5. The molecule has 5 nitrogen and oxygen atoms in total. The van der Waals surface area contributed by atoms with E-state index in [1.807, 2.05) is 13.8 Å². The number of rotatable bonds is 4. The van der Waals surface area contributed by atoms with Crippen molar-refractivity contribution in [2.24, 2.45) is 0 Å². The lowest BCUT2D eigenvalue weighted by Crippen LogP contribution is -2.33. The number of nitrogens with one attached hydrogen (secondary N) is 1. The topological polar surface area (TPSA) is 75.6 Å². The second-order valence-corrected chi connectivity index (χ2v) is 3.82. The number of para-hydroxylation sites is 1. The molecule has 0 unspecified atom stereocenters. The first-order chi connectivity index (χ1) is 8.00. The van der Waals surface area contributed by atoms with E-state index in [-0.39, 0.29) is 29.9 Å². The van der Waals surface area contributed by atoms with Crippen molar-refractivity contribution in [1.82, 2.24) is 5.32 Å². The monoisotopic (exact) mass is 237 g/mol. The van der Waals surface area contributed by atoms with Gasteiger partial charge in [-0.05, 0) is 26.0 Å². The molecule has 0 aliphatic heterocycles. The normalized spacial score (nSPS) is 10.1. The number of ether oxygens (including phenoxy) is 1. The predicted molar refractivity (Wildman–Crippen MR) is 61.7 cm³/mol. The first kappa shape index (κ1) is 13.0. The molecule has 0 aliphatic carbocycles. The van der Waals surface area contributed by atoms with E-state index in [4.69, 9.17) is 4.74 Å². The van der Waals surface area contributed by atoms with Crippen molar-refractivity contribution in [3.8, 4) is 5.75 Å². The van der Waals surface area contributed by atoms with Gasteiger partial charge in [-0.25, -0.2) is 4.79 Å². The fraction of sp³-hybridized carbons (Fsp3) is 0.333. The molecule has 0 aliphatic rings. The van der Waals surface area contributed by atoms with Gasteiger partial charge in [0.2, 0.25) is 0 Å². The molecule has 0 atom stereocenters. The van der Waals surface area contributed by atoms with Crippen LogP contribution in [0.5, 0.6) is 5.75 Å². The fourth-order valence-electron chi connectivity index (χ4n) is 1.22. The van der Waals surface area contributed by atoms with Crippen LogP contribution in [0.4, 0.5) is 0 Å². The van der Waals surface area contributed by atoms with Crippen molar-refractivity contribution in [2.45, 2.75) is 19.9 Å². The van der Waals surface area contributed by atoms with Gasteiger partial charge in [0.05, 0.1) is 0 Å². The second-order valence-electron chi connectivity index (χ2n) is 3.82. The van der Waals surface area contributed by atoms with Crippen molar-refractivity contribution in [2.75, 3.05) is 6.61 Å². The number of hydrogen-bond acceptors (Lipinski definition) is 4. The van der Waals surface area contributed by atoms with E-state index in [2.05, 4.69) is 5.32 Å². The molecule has 0 bridgehead atoms. The summed E-state index contributed by atoms with van der Waals surface area (Å²) in [5.41, 5.74) is 0.0462. The third-order valence-electron chi connectivity index (χ3n) is 1.91. The third-order valence-corrected chi connectivity index (χ3v) is 1.91. The number of carbonyl (C=O) groups is 2. The van der Waals surface area contributed by atoms with Crippen LogP contribution in [0.2, 0.25) is 0 Å². The van der Waals surface area contributed by atoms with Crippen LogP contribution < -0.4 is 5.32 Å². The standard InChI is InChI=1S/C12H15NO4/c1-8(2)13-11(15)7-17-12(16)9-5-3-4-6-10(9)14/h3-6,8,14H,7H2,1-2H3,(H,13,15). The van der Waals surface area contributed by atoms with Crippen LogP contribution in [0.3, 0.4) is 0 Å². The molecule has 1 aromatic rings. The maximum Gasteiger partial charge on any atom is 0.342 e. The number of esters is 1. The van der Waals surface area contributed by atoms with E-state index in [1.54, 1.807) is 12.1 Å². The number of hydrogen-bond donors (Lipinski definition) is 2. The quantitative estimate of drug-likeness (QED) is 0.768. The third kappa shape index (κ3) is 4.14. The summed E-state index contributed by atoms with van der Waals surface area (Å²) in [5, 5.41) is 12.0. The van der Waals surface area contributed by atoms with Crippen molar-refractivity contribution in [1.29, 1.82) is 0 Å². The van der Waals surface area contributed by atoms with Crippen molar-refractivity contribution in [3.05, 3.63) is 29.8 Å². The Balaban J connectivity index is 2.51. The lowest BCUT2D eigenvalue weighted by Gasteiger charge is -2.09. The summed E-state index contributed by atoms with van der Waals surface area (Å²) in [6.07, 6.45) is 0. The lowest BCUT2D eigenvalue weighted by molar-refractivity contribution is -0.124. The van der Waals surface area contributed by atoms with Gasteiger partial charge in [0.1, 0.15) is 11.3 Å². The van der Waals surface area contributed by atoms with Crippen LogP contribution >= 0.6 is 0 Å². The minimum atomic E-state index is -0.720. The summed E-state index contributed by atoms with van der Waals surface area (Å²) in [6.45, 7) is 3.26. The van der Waals surface area contributed by atoms with Crippen molar-refractivity contribution < 1.29 is 19.4 Å². The molecule has 0 fully saturated rings. The summed E-state index contributed by atoms with van der Waals surface area (Å²) in [4.78, 5) is 22.7. The van der Waals surface area contributed by atoms with E-state index >= 15 is 0 Å². The molecular formula is C12H15NO4. The van der Waals surface area contributed by atoms with Crippen molar-refractivity contribution in [3.63, 3.8) is 0 Å². The number of benzene rings is 1. The molecule has 1 aromatic carbocycles. The highest BCUT2D eigenvalue weighted by atomic mass is 16.5. The number of phenolic OH excluding ortho intramolecular Hbond substituents is 1. The summed E-state index contributed by atoms with van der Waals surface area (Å²) in [7, 11) is 0. The van der Waals surface area contributed by atoms with Crippen LogP contribution in [0.1, 0.15) is 24.2 Å². The van der Waals surface area contributed by atoms with Gasteiger partial charge in [-0.3, -0.25) is 4.79 Å². The molecule has 0 heterocycles. The Hall–Kier alpha value is -2.04. The fourth-order valence-corrected chi connectivity index (χ4v) is 1.22. The highest BCUT2D eigenvalue weighted by Gasteiger charge is 2.13. The van der Waals surface area contributed by atoms with Gasteiger partial charge < -0.3 is 15.2 Å². The minimum Gasteiger partial charge on any atom is -0.507 e. The zero-order valence-electron chi connectivity index (χ0n) is 9.77. The van der Waals surface area contributed by atoms with E-state index in [9.17, 15) is 14.7 Å². The van der Waals surface area contributed by atoms with Crippen LogP contribution in [0, 0.1) is 0 Å². The van der Waals surface area contributed by atoms with Gasteiger partial charge in [-0.1, -0.05) is 12.1 Å². The molecule has 0 saturated heterocycles. The second kappa shape index (κ2) is 5.89. The van der Waals surface area contributed by atoms with Crippen LogP contribution in [0.25, 0.3) is 0 Å². The number of carbonyl (C=O) groups excluding carboxylic acids is 2. The summed E-state index contributed by atoms with van der Waals surface area (Å²) < 4.78 is 4.76. The highest BCUT2D eigenvalue weighted by molar-refractivity contribution is 5.93.